The number of hydrogen-bond donors (Lipinski definition) is 0. The number of pyridine rings is 2. The van der Waals surface area contributed by atoms with Crippen LogP contribution in [0.5, 0.6) is 11.5 Å². The van der Waals surface area contributed by atoms with E-state index in [-0.39, 0.29) is 18.6 Å². The molecule has 0 spiro atoms. The molecule has 9 rings (SSSR count). The maximum atomic E-state index is 14.8. The van der Waals surface area contributed by atoms with E-state index in [2.05, 4.69) is 72.3 Å². The molecule has 4 unspecified atom stereocenters. The first-order valence-corrected chi connectivity index (χ1v) is 21.3. The van der Waals surface area contributed by atoms with Crippen LogP contribution in [-0.2, 0) is 14.3 Å². The number of halogens is 2. The number of ether oxygens (including phenoxy) is 3. The van der Waals surface area contributed by atoms with E-state index in [9.17, 15) is 18.4 Å². The zero-order valence-corrected chi connectivity index (χ0v) is 34.9. The minimum absolute atomic E-state index is 0.0476. The lowest BCUT2D eigenvalue weighted by Crippen LogP contribution is -2.51. The fourth-order valence-corrected chi connectivity index (χ4v) is 8.64. The van der Waals surface area contributed by atoms with E-state index in [1.54, 1.807) is 9.80 Å². The molecule has 316 valence electrons. The molecule has 9 nitrogen and oxygen atoms in total. The first-order valence-electron chi connectivity index (χ1n) is 21.3. The van der Waals surface area contributed by atoms with Gasteiger partial charge in [-0.25, -0.2) is 8.78 Å². The highest BCUT2D eigenvalue weighted by Gasteiger charge is 2.36. The molecular formula is C50H52F2N4O5. The molecule has 11 heteroatoms. The van der Waals surface area contributed by atoms with Crippen molar-refractivity contribution in [1.29, 1.82) is 0 Å². The molecule has 3 saturated heterocycles. The lowest BCUT2D eigenvalue weighted by molar-refractivity contribution is -0.144. The summed E-state index contributed by atoms with van der Waals surface area (Å²) < 4.78 is 45.5. The van der Waals surface area contributed by atoms with Gasteiger partial charge >= 0.3 is 0 Å². The summed E-state index contributed by atoms with van der Waals surface area (Å²) in [6, 6.07) is 32.3. The van der Waals surface area contributed by atoms with Crippen LogP contribution in [-0.4, -0.2) is 95.0 Å². The van der Waals surface area contributed by atoms with Crippen molar-refractivity contribution in [3.8, 4) is 33.8 Å². The monoisotopic (exact) mass is 826 g/mol. The van der Waals surface area contributed by atoms with Crippen molar-refractivity contribution in [2.75, 3.05) is 32.8 Å². The lowest BCUT2D eigenvalue weighted by Gasteiger charge is -2.35. The number of benzene rings is 4. The standard InChI is InChI=1S/C26H27FN2O3.C24H25FN2O2/c1-17-21(11-8-19-4-2-13-28-25(17)19)18-6-9-20(10-7-18)32-23-12-14-29(16-22(23)27)26(30)24-5-3-15-31-24;1-16-22(10-7-19-4-3-13-26-23(16)19)18-5-8-20(9-6-18)29-21-11-14-27(15-12-21)24(28)17(2)25/h2,4,6-11,13,22-24H,3,5,12,14-16H2,1H3;3-10,13,17,21H,11-12,14-15H2,1-2H3. The summed E-state index contributed by atoms with van der Waals surface area (Å²) in [5.74, 6) is 0.937. The normalized spacial score (nSPS) is 19.9. The minimum atomic E-state index is -1.44. The number of carbonyl (C=O) groups excluding carboxylic acids is 2. The number of fused-ring (bicyclic) bond motifs is 2. The minimum Gasteiger partial charge on any atom is -0.490 e. The van der Waals surface area contributed by atoms with Gasteiger partial charge in [0.25, 0.3) is 11.8 Å². The van der Waals surface area contributed by atoms with Crippen LogP contribution in [0, 0.1) is 13.8 Å². The number of rotatable bonds is 8. The number of nitrogens with zero attached hydrogens (tertiary/aromatic N) is 4. The number of likely N-dealkylation sites (tertiary alicyclic amines) is 2. The molecule has 0 saturated carbocycles. The Bertz CT molecular complexity index is 2470. The lowest BCUT2D eigenvalue weighted by atomic mass is 9.98. The van der Waals surface area contributed by atoms with Gasteiger partial charge in [0.05, 0.1) is 17.6 Å². The number of alkyl halides is 2. The molecule has 61 heavy (non-hydrogen) atoms. The molecule has 0 N–H and O–H groups in total. The van der Waals surface area contributed by atoms with Gasteiger partial charge in [0.15, 0.2) is 12.3 Å². The third-order valence-electron chi connectivity index (χ3n) is 12.1. The molecule has 6 aromatic rings. The summed E-state index contributed by atoms with van der Waals surface area (Å²) in [6.07, 6.45) is 3.59. The van der Waals surface area contributed by atoms with Gasteiger partial charge < -0.3 is 24.0 Å². The van der Waals surface area contributed by atoms with Crippen LogP contribution in [0.1, 0.15) is 50.2 Å². The van der Waals surface area contributed by atoms with E-state index >= 15 is 0 Å². The molecule has 4 atom stereocenters. The van der Waals surface area contributed by atoms with Crippen LogP contribution in [0.4, 0.5) is 8.78 Å². The van der Waals surface area contributed by atoms with E-state index in [0.29, 0.717) is 38.4 Å². The molecule has 3 aliphatic rings. The quantitative estimate of drug-likeness (QED) is 0.151. The van der Waals surface area contributed by atoms with Crippen molar-refractivity contribution < 1.29 is 32.6 Å². The van der Waals surface area contributed by atoms with Crippen molar-refractivity contribution in [3.05, 3.63) is 121 Å². The molecule has 4 aromatic carbocycles. The van der Waals surface area contributed by atoms with Gasteiger partial charge in [-0.2, -0.15) is 0 Å². The first-order chi connectivity index (χ1) is 29.6. The van der Waals surface area contributed by atoms with E-state index in [1.807, 2.05) is 60.9 Å². The Hall–Kier alpha value is -5.94. The fraction of sp³-hybridized carbons (Fsp3) is 0.360. The number of amides is 2. The molecule has 5 heterocycles. The van der Waals surface area contributed by atoms with Gasteiger partial charge in [-0.05, 0) is 103 Å². The first kappa shape index (κ1) is 41.8. The Balaban J connectivity index is 0.000000169. The van der Waals surface area contributed by atoms with Crippen LogP contribution in [0.2, 0.25) is 0 Å². The van der Waals surface area contributed by atoms with Crippen LogP contribution in [0.15, 0.2) is 109 Å². The molecule has 0 radical (unpaired) electrons. The van der Waals surface area contributed by atoms with Crippen molar-refractivity contribution >= 4 is 33.6 Å². The highest BCUT2D eigenvalue weighted by Crippen LogP contribution is 2.33. The maximum absolute atomic E-state index is 14.8. The maximum Gasteiger partial charge on any atom is 0.256 e. The van der Waals surface area contributed by atoms with E-state index < -0.39 is 30.5 Å². The second-order valence-corrected chi connectivity index (χ2v) is 16.2. The van der Waals surface area contributed by atoms with Gasteiger partial charge in [0.1, 0.15) is 29.8 Å². The molecule has 3 fully saturated rings. The summed E-state index contributed by atoms with van der Waals surface area (Å²) in [5, 5.41) is 2.26. The number of aromatic nitrogens is 2. The molecular weight excluding hydrogens is 775 g/mol. The SMILES string of the molecule is Cc1c(-c2ccc(OC3CCN(C(=O)C(C)F)CC3)cc2)ccc2cccnc12.Cc1c(-c2ccc(OC3CCN(C(=O)C4CCCO4)CC3F)cc2)ccc2cccnc12. The summed E-state index contributed by atoms with van der Waals surface area (Å²) in [7, 11) is 0. The zero-order chi connectivity index (χ0) is 42.5. The highest BCUT2D eigenvalue weighted by molar-refractivity contribution is 5.89. The molecule has 2 aromatic heterocycles. The number of piperidine rings is 2. The Labute approximate surface area is 355 Å². The summed E-state index contributed by atoms with van der Waals surface area (Å²) in [5.41, 5.74) is 8.78. The predicted molar refractivity (Wildman–Crippen MR) is 234 cm³/mol. The topological polar surface area (TPSA) is 94.1 Å². The van der Waals surface area contributed by atoms with Gasteiger partial charge in [-0.1, -0.05) is 60.7 Å². The predicted octanol–water partition coefficient (Wildman–Crippen LogP) is 9.65. The summed E-state index contributed by atoms with van der Waals surface area (Å²) in [4.78, 5) is 36.4. The Kier molecular flexibility index (Phi) is 12.9. The third-order valence-corrected chi connectivity index (χ3v) is 12.1. The second-order valence-electron chi connectivity index (χ2n) is 16.2. The van der Waals surface area contributed by atoms with Crippen molar-refractivity contribution in [2.24, 2.45) is 0 Å². The van der Waals surface area contributed by atoms with Crippen molar-refractivity contribution in [1.82, 2.24) is 19.8 Å². The molecule has 0 aliphatic carbocycles. The average molecular weight is 827 g/mol. The van der Waals surface area contributed by atoms with Crippen molar-refractivity contribution in [2.45, 2.75) is 83.5 Å². The van der Waals surface area contributed by atoms with Crippen LogP contribution >= 0.6 is 0 Å². The fourth-order valence-electron chi connectivity index (χ4n) is 8.64. The molecule has 0 bridgehead atoms. The third kappa shape index (κ3) is 9.52. The number of hydrogen-bond acceptors (Lipinski definition) is 7. The van der Waals surface area contributed by atoms with Crippen LogP contribution in [0.25, 0.3) is 44.1 Å². The van der Waals surface area contributed by atoms with Gasteiger partial charge in [0, 0.05) is 68.7 Å². The van der Waals surface area contributed by atoms with E-state index in [1.165, 1.54) is 6.92 Å². The average Bonchev–Trinajstić information content (AvgIpc) is 3.84. The number of aryl methyl sites for hydroxylation is 2. The van der Waals surface area contributed by atoms with Gasteiger partial charge in [0.2, 0.25) is 0 Å². The smallest absolute Gasteiger partial charge is 0.256 e. The summed E-state index contributed by atoms with van der Waals surface area (Å²) >= 11 is 0. The van der Waals surface area contributed by atoms with E-state index in [4.69, 9.17) is 14.2 Å². The molecule has 2 amide bonds. The van der Waals surface area contributed by atoms with Crippen LogP contribution in [0.3, 0.4) is 0 Å². The Morgan fingerprint density at radius 3 is 1.75 bits per heavy atom. The van der Waals surface area contributed by atoms with Gasteiger partial charge in [-0.3, -0.25) is 19.6 Å². The molecule has 3 aliphatic heterocycles. The Morgan fingerprint density at radius 2 is 1.25 bits per heavy atom. The zero-order valence-electron chi connectivity index (χ0n) is 34.9. The van der Waals surface area contributed by atoms with E-state index in [0.717, 1.165) is 86.6 Å². The van der Waals surface area contributed by atoms with Crippen LogP contribution < -0.4 is 9.47 Å². The summed E-state index contributed by atoms with van der Waals surface area (Å²) in [6.45, 7) is 7.71. The highest BCUT2D eigenvalue weighted by atomic mass is 19.1. The second kappa shape index (κ2) is 18.8. The van der Waals surface area contributed by atoms with Gasteiger partial charge in [-0.15, -0.1) is 0 Å². The van der Waals surface area contributed by atoms with Crippen molar-refractivity contribution in [3.63, 3.8) is 0 Å². The Morgan fingerprint density at radius 1 is 0.705 bits per heavy atom. The largest absolute Gasteiger partial charge is 0.490 e. The number of carbonyl (C=O) groups is 2.